The van der Waals surface area contributed by atoms with Crippen LogP contribution in [0.2, 0.25) is 0 Å². The number of benzene rings is 3. The van der Waals surface area contributed by atoms with Gasteiger partial charge in [-0.3, -0.25) is 9.59 Å². The van der Waals surface area contributed by atoms with Gasteiger partial charge in [-0.25, -0.2) is 4.79 Å². The summed E-state index contributed by atoms with van der Waals surface area (Å²) in [6.45, 7) is 7.41. The lowest BCUT2D eigenvalue weighted by Gasteiger charge is -2.24. The van der Waals surface area contributed by atoms with Gasteiger partial charge in [0.05, 0.1) is 6.54 Å². The first kappa shape index (κ1) is 28.4. The molecule has 0 saturated carbocycles. The quantitative estimate of drug-likeness (QED) is 0.282. The number of carbonyl (C=O) groups is 3. The van der Waals surface area contributed by atoms with Gasteiger partial charge in [0.25, 0.3) is 0 Å². The van der Waals surface area contributed by atoms with Crippen LogP contribution >= 0.6 is 0 Å². The second kappa shape index (κ2) is 14.0. The van der Waals surface area contributed by atoms with E-state index < -0.39 is 12.0 Å². The molecular weight excluding hydrogens is 480 g/mol. The van der Waals surface area contributed by atoms with Crippen molar-refractivity contribution >= 4 is 23.3 Å². The van der Waals surface area contributed by atoms with E-state index in [9.17, 15) is 19.5 Å². The molecule has 0 bridgehead atoms. The number of anilines is 1. The molecule has 0 saturated heterocycles. The lowest BCUT2D eigenvalue weighted by molar-refractivity contribution is -0.138. The van der Waals surface area contributed by atoms with Crippen molar-refractivity contribution in [3.63, 3.8) is 0 Å². The Morgan fingerprint density at radius 3 is 2.18 bits per heavy atom. The number of rotatable bonds is 14. The average molecular weight is 517 g/mol. The summed E-state index contributed by atoms with van der Waals surface area (Å²) >= 11 is 0. The Balaban J connectivity index is 1.63. The van der Waals surface area contributed by atoms with E-state index in [4.69, 9.17) is 4.74 Å². The monoisotopic (exact) mass is 516 g/mol. The molecule has 3 aromatic rings. The van der Waals surface area contributed by atoms with Gasteiger partial charge in [-0.2, -0.15) is 0 Å². The van der Waals surface area contributed by atoms with Gasteiger partial charge in [0.1, 0.15) is 18.4 Å². The van der Waals surface area contributed by atoms with Gasteiger partial charge in [-0.1, -0.05) is 75.4 Å². The van der Waals surface area contributed by atoms with E-state index in [2.05, 4.69) is 5.32 Å². The number of hydrogen-bond acceptors (Lipinski definition) is 5. The number of para-hydroxylation sites is 1. The highest BCUT2D eigenvalue weighted by atomic mass is 16.5. The van der Waals surface area contributed by atoms with E-state index in [0.717, 1.165) is 12.0 Å². The van der Waals surface area contributed by atoms with Crippen molar-refractivity contribution in [2.45, 2.75) is 39.7 Å². The summed E-state index contributed by atoms with van der Waals surface area (Å²) in [5.41, 5.74) is 2.24. The Hall–Kier alpha value is -4.13. The predicted octanol–water partition coefficient (Wildman–Crippen LogP) is 5.30. The number of hydrogen-bond donors (Lipinski definition) is 2. The summed E-state index contributed by atoms with van der Waals surface area (Å²) in [6, 6.07) is 22.2. The zero-order valence-electron chi connectivity index (χ0n) is 22.2. The molecule has 7 heteroatoms. The Labute approximate surface area is 224 Å². The number of carbonyl (C=O) groups excluding carboxylic acids is 2. The minimum atomic E-state index is -1.02. The first-order valence-corrected chi connectivity index (χ1v) is 13.0. The first-order valence-electron chi connectivity index (χ1n) is 13.0. The van der Waals surface area contributed by atoms with Gasteiger partial charge >= 0.3 is 5.97 Å². The van der Waals surface area contributed by atoms with Crippen molar-refractivity contribution in [1.82, 2.24) is 4.90 Å². The molecule has 0 aliphatic carbocycles. The van der Waals surface area contributed by atoms with Crippen molar-refractivity contribution in [3.8, 4) is 5.75 Å². The standard InChI is InChI=1S/C31H36N2O5/c1-4-18-33(30(35)22(2)3)19-20-38-25-16-14-23(15-17-25)21-28(31(36)37)32-27-13-9-8-12-26(27)29(34)24-10-6-5-7-11-24/h5-17,22,28,32H,4,18-21H2,1-3H3,(H,36,37)/t28-/m0/s1. The third kappa shape index (κ3) is 7.93. The smallest absolute Gasteiger partial charge is 0.326 e. The fourth-order valence-corrected chi connectivity index (χ4v) is 4.14. The van der Waals surface area contributed by atoms with Gasteiger partial charge in [0.2, 0.25) is 5.91 Å². The van der Waals surface area contributed by atoms with Gasteiger partial charge in [-0.15, -0.1) is 0 Å². The van der Waals surface area contributed by atoms with E-state index in [-0.39, 0.29) is 24.0 Å². The van der Waals surface area contributed by atoms with Crippen LogP contribution in [0.25, 0.3) is 0 Å². The van der Waals surface area contributed by atoms with Crippen LogP contribution in [0.15, 0.2) is 78.9 Å². The molecule has 0 aliphatic rings. The molecule has 3 aromatic carbocycles. The molecule has 2 N–H and O–H groups in total. The van der Waals surface area contributed by atoms with Crippen molar-refractivity contribution in [1.29, 1.82) is 0 Å². The van der Waals surface area contributed by atoms with E-state index >= 15 is 0 Å². The van der Waals surface area contributed by atoms with Gasteiger partial charge in [0, 0.05) is 35.7 Å². The van der Waals surface area contributed by atoms with Crippen molar-refractivity contribution in [2.24, 2.45) is 5.92 Å². The van der Waals surface area contributed by atoms with E-state index in [1.54, 1.807) is 60.7 Å². The van der Waals surface area contributed by atoms with Crippen LogP contribution in [0.4, 0.5) is 5.69 Å². The number of aliphatic carboxylic acids is 1. The van der Waals surface area contributed by atoms with Crippen LogP contribution in [-0.2, 0) is 16.0 Å². The van der Waals surface area contributed by atoms with Crippen LogP contribution in [0.3, 0.4) is 0 Å². The highest BCUT2D eigenvalue weighted by molar-refractivity contribution is 6.12. The van der Waals surface area contributed by atoms with Crippen molar-refractivity contribution in [2.75, 3.05) is 25.0 Å². The number of amides is 1. The predicted molar refractivity (Wildman–Crippen MR) is 149 cm³/mol. The maximum absolute atomic E-state index is 13.0. The van der Waals surface area contributed by atoms with Gasteiger partial charge in [-0.05, 0) is 36.2 Å². The highest BCUT2D eigenvalue weighted by Gasteiger charge is 2.21. The number of nitrogens with zero attached hydrogens (tertiary/aromatic N) is 1. The summed E-state index contributed by atoms with van der Waals surface area (Å²) in [5, 5.41) is 12.9. The van der Waals surface area contributed by atoms with Crippen LogP contribution < -0.4 is 10.1 Å². The van der Waals surface area contributed by atoms with Crippen LogP contribution in [-0.4, -0.2) is 53.4 Å². The molecule has 0 spiro atoms. The molecule has 0 aliphatic heterocycles. The maximum atomic E-state index is 13.0. The zero-order chi connectivity index (χ0) is 27.5. The van der Waals surface area contributed by atoms with Crippen LogP contribution in [0, 0.1) is 5.92 Å². The number of ketones is 1. The Bertz CT molecular complexity index is 1210. The summed E-state index contributed by atoms with van der Waals surface area (Å²) in [4.78, 5) is 39.3. The average Bonchev–Trinajstić information content (AvgIpc) is 2.93. The Morgan fingerprint density at radius 1 is 0.895 bits per heavy atom. The van der Waals surface area contributed by atoms with E-state index in [1.165, 1.54) is 0 Å². The highest BCUT2D eigenvalue weighted by Crippen LogP contribution is 2.22. The summed E-state index contributed by atoms with van der Waals surface area (Å²) < 4.78 is 5.84. The summed E-state index contributed by atoms with van der Waals surface area (Å²) in [6.07, 6.45) is 1.10. The SMILES string of the molecule is CCCN(CCOc1ccc(C[C@H](Nc2ccccc2C(=O)c2ccccc2)C(=O)O)cc1)C(=O)C(C)C. The van der Waals surface area contributed by atoms with Crippen LogP contribution in [0.1, 0.15) is 48.7 Å². The molecule has 1 atom stereocenters. The second-order valence-electron chi connectivity index (χ2n) is 9.45. The molecule has 0 fully saturated rings. The molecule has 38 heavy (non-hydrogen) atoms. The molecule has 0 heterocycles. The molecule has 0 aromatic heterocycles. The fraction of sp³-hybridized carbons (Fsp3) is 0.323. The molecule has 200 valence electrons. The maximum Gasteiger partial charge on any atom is 0.326 e. The topological polar surface area (TPSA) is 95.9 Å². The Morgan fingerprint density at radius 2 is 1.55 bits per heavy atom. The third-order valence-electron chi connectivity index (χ3n) is 6.13. The number of carboxylic acids is 1. The number of nitrogens with one attached hydrogen (secondary N) is 1. The summed E-state index contributed by atoms with van der Waals surface area (Å²) in [5.74, 6) is -0.476. The fourth-order valence-electron chi connectivity index (χ4n) is 4.14. The minimum absolute atomic E-state index is 0.0555. The zero-order valence-corrected chi connectivity index (χ0v) is 22.2. The lowest BCUT2D eigenvalue weighted by atomic mass is 10.00. The molecule has 7 nitrogen and oxygen atoms in total. The molecule has 3 rings (SSSR count). The molecular formula is C31H36N2O5. The van der Waals surface area contributed by atoms with Crippen LogP contribution in [0.5, 0.6) is 5.75 Å². The second-order valence-corrected chi connectivity index (χ2v) is 9.45. The lowest BCUT2D eigenvalue weighted by Crippen LogP contribution is -2.37. The van der Waals surface area contributed by atoms with Gasteiger partial charge in [0.15, 0.2) is 5.78 Å². The van der Waals surface area contributed by atoms with Crippen molar-refractivity contribution in [3.05, 3.63) is 95.6 Å². The number of carboxylic acid groups (broad SMARTS) is 1. The third-order valence-corrected chi connectivity index (χ3v) is 6.13. The van der Waals surface area contributed by atoms with E-state index in [0.29, 0.717) is 42.3 Å². The minimum Gasteiger partial charge on any atom is -0.492 e. The largest absolute Gasteiger partial charge is 0.492 e. The first-order chi connectivity index (χ1) is 18.3. The van der Waals surface area contributed by atoms with Gasteiger partial charge < -0.3 is 20.1 Å². The van der Waals surface area contributed by atoms with E-state index in [1.807, 2.05) is 43.9 Å². The molecule has 0 unspecified atom stereocenters. The molecule has 0 radical (unpaired) electrons. The Kier molecular flexibility index (Phi) is 10.5. The summed E-state index contributed by atoms with van der Waals surface area (Å²) in [7, 11) is 0. The number of ether oxygens (including phenoxy) is 1. The van der Waals surface area contributed by atoms with Crippen molar-refractivity contribution < 1.29 is 24.2 Å². The normalized spacial score (nSPS) is 11.6. The molecule has 1 amide bonds.